The summed E-state index contributed by atoms with van der Waals surface area (Å²) >= 11 is 0. The summed E-state index contributed by atoms with van der Waals surface area (Å²) in [6.07, 6.45) is 2.03. The summed E-state index contributed by atoms with van der Waals surface area (Å²) in [7, 11) is 0. The SMILES string of the molecule is CCOC(=O)Cc1ccccc1OCc1nn(C(C)C)c2ccc(-c3cc4cc(N)ccc4cn3)cc12. The molecule has 37 heavy (non-hydrogen) atoms. The van der Waals surface area contributed by atoms with Crippen LogP contribution in [0.15, 0.2) is 72.9 Å². The molecule has 0 aliphatic carbocycles. The van der Waals surface area contributed by atoms with E-state index in [9.17, 15) is 4.79 Å². The van der Waals surface area contributed by atoms with Crippen molar-refractivity contribution < 1.29 is 14.3 Å². The number of hydrogen-bond donors (Lipinski definition) is 1. The number of ether oxygens (including phenoxy) is 2. The topological polar surface area (TPSA) is 92.3 Å². The van der Waals surface area contributed by atoms with E-state index >= 15 is 0 Å². The van der Waals surface area contributed by atoms with Gasteiger partial charge in [-0.05, 0) is 62.6 Å². The van der Waals surface area contributed by atoms with Gasteiger partial charge in [0.2, 0.25) is 0 Å². The monoisotopic (exact) mass is 494 g/mol. The molecule has 0 aliphatic heterocycles. The van der Waals surface area contributed by atoms with Gasteiger partial charge in [-0.2, -0.15) is 5.10 Å². The van der Waals surface area contributed by atoms with Gasteiger partial charge in [0.15, 0.2) is 0 Å². The quantitative estimate of drug-likeness (QED) is 0.207. The molecule has 0 saturated heterocycles. The van der Waals surface area contributed by atoms with Crippen molar-refractivity contribution in [3.05, 3.63) is 84.2 Å². The molecule has 0 saturated carbocycles. The summed E-state index contributed by atoms with van der Waals surface area (Å²) in [6.45, 7) is 6.63. The fraction of sp³-hybridized carbons (Fsp3) is 0.233. The van der Waals surface area contributed by atoms with Crippen molar-refractivity contribution in [2.75, 3.05) is 12.3 Å². The van der Waals surface area contributed by atoms with Gasteiger partial charge in [-0.1, -0.05) is 30.3 Å². The first kappa shape index (κ1) is 24.3. The molecule has 7 heteroatoms. The number of nitrogens with two attached hydrogens (primary N) is 1. The van der Waals surface area contributed by atoms with Gasteiger partial charge in [0.25, 0.3) is 0 Å². The van der Waals surface area contributed by atoms with E-state index in [1.54, 1.807) is 6.92 Å². The van der Waals surface area contributed by atoms with Crippen molar-refractivity contribution in [3.63, 3.8) is 0 Å². The van der Waals surface area contributed by atoms with Crippen LogP contribution in [0.3, 0.4) is 0 Å². The summed E-state index contributed by atoms with van der Waals surface area (Å²) in [5.74, 6) is 0.370. The third-order valence-electron chi connectivity index (χ3n) is 6.29. The molecule has 0 bridgehead atoms. The molecule has 0 spiro atoms. The first-order valence-electron chi connectivity index (χ1n) is 12.5. The van der Waals surface area contributed by atoms with Crippen molar-refractivity contribution in [1.29, 1.82) is 0 Å². The highest BCUT2D eigenvalue weighted by Crippen LogP contribution is 2.30. The molecule has 0 aliphatic rings. The summed E-state index contributed by atoms with van der Waals surface area (Å²) in [4.78, 5) is 16.7. The Balaban J connectivity index is 1.49. The number of benzene rings is 3. The summed E-state index contributed by atoms with van der Waals surface area (Å²) in [6, 6.07) is 21.9. The van der Waals surface area contributed by atoms with Gasteiger partial charge in [-0.25, -0.2) is 0 Å². The Morgan fingerprint density at radius 2 is 1.86 bits per heavy atom. The number of hydrogen-bond acceptors (Lipinski definition) is 6. The van der Waals surface area contributed by atoms with E-state index in [4.69, 9.17) is 20.3 Å². The van der Waals surface area contributed by atoms with Crippen molar-refractivity contribution in [2.45, 2.75) is 39.8 Å². The van der Waals surface area contributed by atoms with Crippen LogP contribution in [0.25, 0.3) is 32.9 Å². The van der Waals surface area contributed by atoms with Crippen LogP contribution in [0.2, 0.25) is 0 Å². The van der Waals surface area contributed by atoms with E-state index in [0.717, 1.165) is 49.9 Å². The van der Waals surface area contributed by atoms with E-state index in [2.05, 4.69) is 43.1 Å². The molecule has 0 radical (unpaired) electrons. The zero-order valence-corrected chi connectivity index (χ0v) is 21.3. The van der Waals surface area contributed by atoms with Crippen LogP contribution in [0.4, 0.5) is 5.69 Å². The van der Waals surface area contributed by atoms with Gasteiger partial charge in [0.1, 0.15) is 18.1 Å². The number of nitrogen functional groups attached to an aromatic ring is 1. The lowest BCUT2D eigenvalue weighted by molar-refractivity contribution is -0.142. The van der Waals surface area contributed by atoms with Crippen LogP contribution in [0.1, 0.15) is 38.1 Å². The van der Waals surface area contributed by atoms with Crippen molar-refractivity contribution in [3.8, 4) is 17.0 Å². The van der Waals surface area contributed by atoms with Gasteiger partial charge in [0, 0.05) is 39.8 Å². The molecule has 2 aromatic heterocycles. The van der Waals surface area contributed by atoms with Crippen LogP contribution < -0.4 is 10.5 Å². The largest absolute Gasteiger partial charge is 0.487 e. The number of anilines is 1. The third-order valence-corrected chi connectivity index (χ3v) is 6.29. The normalized spacial score (nSPS) is 11.4. The van der Waals surface area contributed by atoms with E-state index in [0.29, 0.717) is 12.4 Å². The molecule has 7 nitrogen and oxygen atoms in total. The number of aromatic nitrogens is 3. The fourth-order valence-corrected chi connectivity index (χ4v) is 4.49. The molecule has 2 heterocycles. The lowest BCUT2D eigenvalue weighted by Crippen LogP contribution is -2.09. The molecule has 0 amide bonds. The Morgan fingerprint density at radius 3 is 2.68 bits per heavy atom. The maximum atomic E-state index is 12.1. The molecular formula is C30H30N4O3. The second kappa shape index (κ2) is 10.3. The van der Waals surface area contributed by atoms with Crippen LogP contribution in [-0.4, -0.2) is 27.3 Å². The van der Waals surface area contributed by atoms with Gasteiger partial charge in [-0.15, -0.1) is 0 Å². The fourth-order valence-electron chi connectivity index (χ4n) is 4.49. The minimum Gasteiger partial charge on any atom is -0.487 e. The van der Waals surface area contributed by atoms with E-state index in [1.807, 2.05) is 53.3 Å². The third kappa shape index (κ3) is 5.11. The zero-order chi connectivity index (χ0) is 25.9. The maximum Gasteiger partial charge on any atom is 0.310 e. The number of para-hydroxylation sites is 1. The highest BCUT2D eigenvalue weighted by molar-refractivity contribution is 5.90. The smallest absolute Gasteiger partial charge is 0.310 e. The minimum absolute atomic E-state index is 0.160. The second-order valence-corrected chi connectivity index (χ2v) is 9.27. The molecule has 0 atom stereocenters. The first-order valence-corrected chi connectivity index (χ1v) is 12.5. The average molecular weight is 495 g/mol. The second-order valence-electron chi connectivity index (χ2n) is 9.27. The molecule has 0 unspecified atom stereocenters. The zero-order valence-electron chi connectivity index (χ0n) is 21.3. The van der Waals surface area contributed by atoms with Crippen LogP contribution in [0.5, 0.6) is 5.75 Å². The number of esters is 1. The predicted octanol–water partition coefficient (Wildman–Crippen LogP) is 6.10. The Morgan fingerprint density at radius 1 is 1.03 bits per heavy atom. The minimum atomic E-state index is -0.276. The van der Waals surface area contributed by atoms with Gasteiger partial charge < -0.3 is 15.2 Å². The number of fused-ring (bicyclic) bond motifs is 2. The number of carbonyl (C=O) groups is 1. The van der Waals surface area contributed by atoms with Crippen LogP contribution in [-0.2, 0) is 22.6 Å². The van der Waals surface area contributed by atoms with Crippen LogP contribution in [0, 0.1) is 0 Å². The van der Waals surface area contributed by atoms with Crippen molar-refractivity contribution >= 4 is 33.3 Å². The van der Waals surface area contributed by atoms with Crippen molar-refractivity contribution in [1.82, 2.24) is 14.8 Å². The molecule has 3 aromatic carbocycles. The number of rotatable bonds is 8. The van der Waals surface area contributed by atoms with E-state index in [1.165, 1.54) is 0 Å². The molecule has 2 N–H and O–H groups in total. The van der Waals surface area contributed by atoms with Gasteiger partial charge in [-0.3, -0.25) is 14.5 Å². The standard InChI is InChI=1S/C30H30N4O3/c1-4-36-30(35)16-21-7-5-6-8-29(21)37-18-27-25-14-20(10-12-28(25)34(33-27)19(2)3)26-15-23-13-24(31)11-9-22(23)17-32-26/h5-15,17,19H,4,16,18,31H2,1-3H3. The highest BCUT2D eigenvalue weighted by Gasteiger charge is 2.16. The summed E-state index contributed by atoms with van der Waals surface area (Å²) < 4.78 is 13.3. The number of nitrogens with zero attached hydrogens (tertiary/aromatic N) is 3. The maximum absolute atomic E-state index is 12.1. The van der Waals surface area contributed by atoms with E-state index < -0.39 is 0 Å². The van der Waals surface area contributed by atoms with Crippen LogP contribution >= 0.6 is 0 Å². The number of carbonyl (C=O) groups excluding carboxylic acids is 1. The first-order chi connectivity index (χ1) is 17.9. The number of pyridine rings is 1. The Kier molecular flexibility index (Phi) is 6.77. The Bertz CT molecular complexity index is 1590. The molecule has 5 aromatic rings. The average Bonchev–Trinajstić information content (AvgIpc) is 3.26. The molecule has 0 fully saturated rings. The van der Waals surface area contributed by atoms with Gasteiger partial charge >= 0.3 is 5.97 Å². The summed E-state index contributed by atoms with van der Waals surface area (Å²) in [5.41, 5.74) is 11.2. The molecule has 5 rings (SSSR count). The Labute approximate surface area is 215 Å². The predicted molar refractivity (Wildman–Crippen MR) is 146 cm³/mol. The molecular weight excluding hydrogens is 464 g/mol. The lowest BCUT2D eigenvalue weighted by Gasteiger charge is -2.10. The van der Waals surface area contributed by atoms with Crippen molar-refractivity contribution in [2.24, 2.45) is 0 Å². The Hall–Kier alpha value is -4.39. The lowest BCUT2D eigenvalue weighted by atomic mass is 10.0. The van der Waals surface area contributed by atoms with Gasteiger partial charge in [0.05, 0.1) is 24.2 Å². The van der Waals surface area contributed by atoms with E-state index in [-0.39, 0.29) is 25.0 Å². The highest BCUT2D eigenvalue weighted by atomic mass is 16.5. The molecule has 188 valence electrons. The summed E-state index contributed by atoms with van der Waals surface area (Å²) in [5, 5.41) is 7.98.